The van der Waals surface area contributed by atoms with Crippen LogP contribution < -0.4 is 0 Å². The van der Waals surface area contributed by atoms with E-state index >= 15 is 0 Å². The first-order chi connectivity index (χ1) is 9.67. The molecule has 3 nitrogen and oxygen atoms in total. The Bertz CT molecular complexity index is 437. The summed E-state index contributed by atoms with van der Waals surface area (Å²) < 4.78 is 0. The predicted octanol–water partition coefficient (Wildman–Crippen LogP) is 3.32. The Morgan fingerprint density at radius 2 is 2.10 bits per heavy atom. The van der Waals surface area contributed by atoms with E-state index in [1.54, 1.807) is 0 Å². The van der Waals surface area contributed by atoms with E-state index in [1.807, 2.05) is 16.2 Å². The van der Waals surface area contributed by atoms with E-state index < -0.39 is 0 Å². The maximum atomic E-state index is 12.5. The van der Waals surface area contributed by atoms with Crippen LogP contribution in [-0.4, -0.2) is 41.9 Å². The molecule has 0 unspecified atom stereocenters. The van der Waals surface area contributed by atoms with Gasteiger partial charge in [0.25, 0.3) is 0 Å². The van der Waals surface area contributed by atoms with Crippen molar-refractivity contribution in [3.05, 3.63) is 21.9 Å². The van der Waals surface area contributed by atoms with Gasteiger partial charge < -0.3 is 4.90 Å². The molecule has 1 aromatic rings. The first kappa shape index (κ1) is 15.5. The van der Waals surface area contributed by atoms with E-state index in [1.165, 1.54) is 10.4 Å². The first-order valence-electron chi connectivity index (χ1n) is 7.75. The zero-order chi connectivity index (χ0) is 14.5. The number of hydrogen-bond acceptors (Lipinski definition) is 3. The third kappa shape index (κ3) is 3.41. The molecule has 2 heterocycles. The minimum Gasteiger partial charge on any atom is -0.342 e. The molecule has 1 amide bonds. The van der Waals surface area contributed by atoms with Gasteiger partial charge in [-0.3, -0.25) is 9.69 Å². The van der Waals surface area contributed by atoms with Crippen LogP contribution in [0.25, 0.3) is 0 Å². The Hall–Kier alpha value is -0.870. The fourth-order valence-corrected chi connectivity index (χ4v) is 3.91. The molecule has 4 heteroatoms. The van der Waals surface area contributed by atoms with Crippen LogP contribution in [0.15, 0.2) is 11.4 Å². The fourth-order valence-electron chi connectivity index (χ4n) is 2.95. The third-order valence-electron chi connectivity index (χ3n) is 4.08. The zero-order valence-corrected chi connectivity index (χ0v) is 13.7. The molecular weight excluding hydrogens is 268 g/mol. The van der Waals surface area contributed by atoms with Gasteiger partial charge >= 0.3 is 0 Å². The monoisotopic (exact) mass is 294 g/mol. The summed E-state index contributed by atoms with van der Waals surface area (Å²) in [6.45, 7) is 9.84. The summed E-state index contributed by atoms with van der Waals surface area (Å²) in [5, 5.41) is 2.17. The summed E-state index contributed by atoms with van der Waals surface area (Å²) in [6, 6.07) is 2.59. The average molecular weight is 294 g/mol. The van der Waals surface area contributed by atoms with Crippen molar-refractivity contribution in [2.75, 3.05) is 26.2 Å². The third-order valence-corrected chi connectivity index (χ3v) is 5.08. The molecule has 2 rings (SSSR count). The Balaban J connectivity index is 1.97. The van der Waals surface area contributed by atoms with Crippen LogP contribution in [0.2, 0.25) is 0 Å². The van der Waals surface area contributed by atoms with Crippen LogP contribution in [0.3, 0.4) is 0 Å². The van der Waals surface area contributed by atoms with E-state index in [2.05, 4.69) is 37.1 Å². The standard InChI is InChI=1S/C16H26N2OS/c1-4-8-17(9-5-2)16(19)12-18-10-6-15-14(13(18)3)7-11-20-15/h7,11,13H,4-6,8-10,12H2,1-3H3/t13-/m1/s1. The molecule has 0 spiro atoms. The van der Waals surface area contributed by atoms with Crippen LogP contribution in [0.5, 0.6) is 0 Å². The smallest absolute Gasteiger partial charge is 0.236 e. The van der Waals surface area contributed by atoms with Crippen molar-refractivity contribution in [3.63, 3.8) is 0 Å². The molecule has 0 fully saturated rings. The summed E-state index contributed by atoms with van der Waals surface area (Å²) in [5.74, 6) is 0.291. The van der Waals surface area contributed by atoms with E-state index in [9.17, 15) is 4.79 Å². The van der Waals surface area contributed by atoms with Crippen molar-refractivity contribution < 1.29 is 4.79 Å². The molecule has 1 aliphatic heterocycles. The molecule has 1 aliphatic rings. The summed E-state index contributed by atoms with van der Waals surface area (Å²) in [4.78, 5) is 18.3. The van der Waals surface area contributed by atoms with Gasteiger partial charge in [0.2, 0.25) is 5.91 Å². The zero-order valence-electron chi connectivity index (χ0n) is 12.9. The molecule has 1 aromatic heterocycles. The van der Waals surface area contributed by atoms with Crippen LogP contribution in [0, 0.1) is 0 Å². The quantitative estimate of drug-likeness (QED) is 0.803. The van der Waals surface area contributed by atoms with Gasteiger partial charge in [0.1, 0.15) is 0 Å². The Morgan fingerprint density at radius 3 is 2.75 bits per heavy atom. The predicted molar refractivity (Wildman–Crippen MR) is 85.2 cm³/mol. The van der Waals surface area contributed by atoms with Crippen LogP contribution in [0.1, 0.15) is 50.1 Å². The van der Waals surface area contributed by atoms with Gasteiger partial charge in [0.05, 0.1) is 6.54 Å². The molecular formula is C16H26N2OS. The molecule has 20 heavy (non-hydrogen) atoms. The molecule has 0 bridgehead atoms. The summed E-state index contributed by atoms with van der Waals surface area (Å²) >= 11 is 1.85. The van der Waals surface area contributed by atoms with Gasteiger partial charge in [-0.1, -0.05) is 13.8 Å². The minimum absolute atomic E-state index is 0.291. The van der Waals surface area contributed by atoms with Crippen LogP contribution in [0.4, 0.5) is 0 Å². The lowest BCUT2D eigenvalue weighted by Crippen LogP contribution is -2.44. The van der Waals surface area contributed by atoms with Crippen LogP contribution >= 0.6 is 11.3 Å². The van der Waals surface area contributed by atoms with Gasteiger partial charge in [-0.05, 0) is 43.2 Å². The normalized spacial score (nSPS) is 18.9. The summed E-state index contributed by atoms with van der Waals surface area (Å²) in [6.07, 6.45) is 3.16. The van der Waals surface area contributed by atoms with Crippen molar-refractivity contribution in [1.82, 2.24) is 9.80 Å². The molecule has 0 radical (unpaired) electrons. The Labute approximate surface area is 126 Å². The molecule has 0 aliphatic carbocycles. The maximum Gasteiger partial charge on any atom is 0.236 e. The molecule has 0 N–H and O–H groups in total. The largest absolute Gasteiger partial charge is 0.342 e. The highest BCUT2D eigenvalue weighted by molar-refractivity contribution is 7.10. The fraction of sp³-hybridized carbons (Fsp3) is 0.688. The van der Waals surface area contributed by atoms with Gasteiger partial charge in [-0.25, -0.2) is 0 Å². The van der Waals surface area contributed by atoms with Gasteiger partial charge in [-0.15, -0.1) is 11.3 Å². The van der Waals surface area contributed by atoms with Gasteiger partial charge in [-0.2, -0.15) is 0 Å². The van der Waals surface area contributed by atoms with Crippen molar-refractivity contribution >= 4 is 17.2 Å². The van der Waals surface area contributed by atoms with E-state index in [-0.39, 0.29) is 0 Å². The van der Waals surface area contributed by atoms with Crippen LogP contribution in [-0.2, 0) is 11.2 Å². The van der Waals surface area contributed by atoms with Gasteiger partial charge in [0.15, 0.2) is 0 Å². The molecule has 0 saturated carbocycles. The lowest BCUT2D eigenvalue weighted by Gasteiger charge is -2.34. The van der Waals surface area contributed by atoms with Crippen molar-refractivity contribution in [2.45, 2.75) is 46.1 Å². The Kier molecular flexibility index (Phi) is 5.61. The van der Waals surface area contributed by atoms with E-state index in [0.717, 1.165) is 38.9 Å². The number of thiophene rings is 1. The highest BCUT2D eigenvalue weighted by atomic mass is 32.1. The number of carbonyl (C=O) groups is 1. The molecule has 112 valence electrons. The van der Waals surface area contributed by atoms with E-state index in [4.69, 9.17) is 0 Å². The van der Waals surface area contributed by atoms with E-state index in [0.29, 0.717) is 18.5 Å². The highest BCUT2D eigenvalue weighted by Crippen LogP contribution is 2.32. The number of nitrogens with zero attached hydrogens (tertiary/aromatic N) is 2. The number of fused-ring (bicyclic) bond motifs is 1. The van der Waals surface area contributed by atoms with Crippen molar-refractivity contribution in [1.29, 1.82) is 0 Å². The SMILES string of the molecule is CCCN(CCC)C(=O)CN1CCc2sccc2[C@H]1C. The maximum absolute atomic E-state index is 12.5. The highest BCUT2D eigenvalue weighted by Gasteiger charge is 2.27. The number of rotatable bonds is 6. The number of carbonyl (C=O) groups excluding carboxylic acids is 1. The lowest BCUT2D eigenvalue weighted by molar-refractivity contribution is -0.133. The second kappa shape index (κ2) is 7.23. The van der Waals surface area contributed by atoms with Crippen molar-refractivity contribution in [2.24, 2.45) is 0 Å². The van der Waals surface area contributed by atoms with Crippen molar-refractivity contribution in [3.8, 4) is 0 Å². The topological polar surface area (TPSA) is 23.6 Å². The summed E-state index contributed by atoms with van der Waals surface area (Å²) in [7, 11) is 0. The molecule has 1 atom stereocenters. The molecule has 0 saturated heterocycles. The number of amides is 1. The minimum atomic E-state index is 0.291. The summed E-state index contributed by atoms with van der Waals surface area (Å²) in [5.41, 5.74) is 1.42. The lowest BCUT2D eigenvalue weighted by atomic mass is 10.0. The second-order valence-electron chi connectivity index (χ2n) is 5.58. The Morgan fingerprint density at radius 1 is 1.40 bits per heavy atom. The first-order valence-corrected chi connectivity index (χ1v) is 8.63. The average Bonchev–Trinajstić information content (AvgIpc) is 2.91. The number of hydrogen-bond donors (Lipinski definition) is 0. The molecule has 0 aromatic carbocycles. The second-order valence-corrected chi connectivity index (χ2v) is 6.58. The van der Waals surface area contributed by atoms with Gasteiger partial charge in [0, 0.05) is 30.6 Å².